The molecule has 1 amide bonds. The largest absolute Gasteiger partial charge is 0.363 e. The van der Waals surface area contributed by atoms with Gasteiger partial charge in [0.05, 0.1) is 12.7 Å². The molecule has 1 fully saturated rings. The summed E-state index contributed by atoms with van der Waals surface area (Å²) in [6, 6.07) is 1.24. The van der Waals surface area contributed by atoms with Gasteiger partial charge in [-0.3, -0.25) is 23.3 Å². The van der Waals surface area contributed by atoms with Gasteiger partial charge in [0.1, 0.15) is 6.23 Å². The van der Waals surface area contributed by atoms with Crippen LogP contribution in [-0.2, 0) is 25.9 Å². The number of nitrogens with one attached hydrogen (secondary N) is 1. The molecule has 3 atom stereocenters. The average molecular weight is 391 g/mol. The van der Waals surface area contributed by atoms with E-state index in [4.69, 9.17) is 9.47 Å². The number of carbonyl (C=O) groups excluding carboxylic acids is 1. The van der Waals surface area contributed by atoms with Crippen molar-refractivity contribution < 1.29 is 28.6 Å². The van der Waals surface area contributed by atoms with E-state index in [1.54, 1.807) is 6.92 Å². The highest BCUT2D eigenvalue weighted by atomic mass is 31.2. The predicted molar refractivity (Wildman–Crippen MR) is 89.6 cm³/mol. The van der Waals surface area contributed by atoms with Gasteiger partial charge in [0.2, 0.25) is 5.85 Å². The van der Waals surface area contributed by atoms with Crippen molar-refractivity contribution in [1.29, 1.82) is 0 Å². The Morgan fingerprint density at radius 3 is 2.77 bits per heavy atom. The first kappa shape index (κ1) is 20.5. The van der Waals surface area contributed by atoms with E-state index >= 15 is 0 Å². The maximum absolute atomic E-state index is 12.1. The number of hydrogen-bond acceptors (Lipinski definition) is 6. The second-order valence-electron chi connectivity index (χ2n) is 5.86. The Labute approximate surface area is 148 Å². The van der Waals surface area contributed by atoms with Gasteiger partial charge in [-0.1, -0.05) is 0 Å². The van der Waals surface area contributed by atoms with Crippen molar-refractivity contribution in [2.75, 3.05) is 13.2 Å². The average Bonchev–Trinajstić information content (AvgIpc) is 3.00. The van der Waals surface area contributed by atoms with E-state index in [-0.39, 0.29) is 13.2 Å². The van der Waals surface area contributed by atoms with E-state index in [0.717, 1.165) is 4.57 Å². The second-order valence-corrected chi connectivity index (χ2v) is 7.51. The fraction of sp³-hybridized carbons (Fsp3) is 0.643. The predicted octanol–water partition coefficient (Wildman–Crippen LogP) is -1.12. The van der Waals surface area contributed by atoms with Crippen LogP contribution in [0.5, 0.6) is 0 Å². The van der Waals surface area contributed by atoms with Crippen LogP contribution in [0.25, 0.3) is 0 Å². The van der Waals surface area contributed by atoms with E-state index in [9.17, 15) is 28.7 Å². The normalized spacial score (nSPS) is 21.5. The molecule has 1 saturated heterocycles. The fourth-order valence-electron chi connectivity index (χ4n) is 2.61. The Morgan fingerprint density at radius 2 is 2.15 bits per heavy atom. The zero-order valence-corrected chi connectivity index (χ0v) is 15.3. The van der Waals surface area contributed by atoms with E-state index in [2.05, 4.69) is 5.32 Å². The summed E-state index contributed by atoms with van der Waals surface area (Å²) in [5.74, 6) is -2.81. The van der Waals surface area contributed by atoms with Crippen LogP contribution in [0.1, 0.15) is 26.0 Å². The summed E-state index contributed by atoms with van der Waals surface area (Å²) in [5.41, 5.74) is -0.963. The van der Waals surface area contributed by atoms with Crippen LogP contribution in [0, 0.1) is 0 Å². The summed E-state index contributed by atoms with van der Waals surface area (Å²) >= 11 is 0. The molecule has 0 spiro atoms. The highest BCUT2D eigenvalue weighted by Crippen LogP contribution is 2.42. The van der Waals surface area contributed by atoms with Crippen molar-refractivity contribution in [2.24, 2.45) is 7.05 Å². The number of carbonyl (C=O) groups is 1. The monoisotopic (exact) mass is 391 g/mol. The summed E-state index contributed by atoms with van der Waals surface area (Å²) < 4.78 is 24.4. The molecule has 12 heteroatoms. The third-order valence-electron chi connectivity index (χ3n) is 3.93. The minimum absolute atomic E-state index is 0.205. The highest BCUT2D eigenvalue weighted by molar-refractivity contribution is 7.53. The molecular formula is C14H22N3O8P. The lowest BCUT2D eigenvalue weighted by Crippen LogP contribution is -2.39. The highest BCUT2D eigenvalue weighted by Gasteiger charge is 2.38. The van der Waals surface area contributed by atoms with Gasteiger partial charge in [-0.05, 0) is 19.8 Å². The molecule has 1 aromatic rings. The Morgan fingerprint density at radius 1 is 1.46 bits per heavy atom. The topological polar surface area (TPSA) is 149 Å². The zero-order valence-electron chi connectivity index (χ0n) is 14.4. The summed E-state index contributed by atoms with van der Waals surface area (Å²) in [5, 5.41) is 2.31. The SMILES string of the molecule is CCNC(=O)C(OCC1CCC(n2ccc(=O)n(C)c2=O)O1)P(=O)(O)O. The molecule has 3 N–H and O–H groups in total. The van der Waals surface area contributed by atoms with Gasteiger partial charge >= 0.3 is 13.3 Å². The molecule has 0 bridgehead atoms. The summed E-state index contributed by atoms with van der Waals surface area (Å²) in [4.78, 5) is 53.8. The van der Waals surface area contributed by atoms with Crippen LogP contribution in [0.2, 0.25) is 0 Å². The number of nitrogens with zero attached hydrogens (tertiary/aromatic N) is 2. The molecular weight excluding hydrogens is 369 g/mol. The van der Waals surface area contributed by atoms with Crippen LogP contribution in [0.3, 0.4) is 0 Å². The quantitative estimate of drug-likeness (QED) is 0.495. The summed E-state index contributed by atoms with van der Waals surface area (Å²) in [6.07, 6.45) is 1.08. The minimum atomic E-state index is -4.79. The lowest BCUT2D eigenvalue weighted by Gasteiger charge is -2.21. The summed E-state index contributed by atoms with van der Waals surface area (Å²) in [6.45, 7) is 1.60. The van der Waals surface area contributed by atoms with Crippen LogP contribution < -0.4 is 16.6 Å². The second kappa shape index (κ2) is 8.28. The van der Waals surface area contributed by atoms with Gasteiger partial charge in [0, 0.05) is 25.9 Å². The van der Waals surface area contributed by atoms with Crippen LogP contribution in [0.4, 0.5) is 0 Å². The first-order valence-corrected chi connectivity index (χ1v) is 9.71. The molecule has 0 radical (unpaired) electrons. The number of likely N-dealkylation sites (N-methyl/N-ethyl adjacent to an activating group) is 1. The number of hydrogen-bond donors (Lipinski definition) is 3. The van der Waals surface area contributed by atoms with Crippen molar-refractivity contribution in [2.45, 2.75) is 37.9 Å². The maximum atomic E-state index is 12.1. The van der Waals surface area contributed by atoms with Crippen molar-refractivity contribution >= 4 is 13.5 Å². The van der Waals surface area contributed by atoms with Gasteiger partial charge in [0.15, 0.2) is 0 Å². The van der Waals surface area contributed by atoms with E-state index < -0.39 is 42.9 Å². The Hall–Kier alpha value is -1.78. The van der Waals surface area contributed by atoms with Crippen molar-refractivity contribution in [3.05, 3.63) is 33.1 Å². The molecule has 3 unspecified atom stereocenters. The maximum Gasteiger partial charge on any atom is 0.363 e. The first-order chi connectivity index (χ1) is 12.1. The third-order valence-corrected chi connectivity index (χ3v) is 4.93. The number of rotatable bonds is 7. The molecule has 146 valence electrons. The summed E-state index contributed by atoms with van der Waals surface area (Å²) in [7, 11) is -3.44. The van der Waals surface area contributed by atoms with Crippen LogP contribution in [0.15, 0.2) is 21.9 Å². The lowest BCUT2D eigenvalue weighted by molar-refractivity contribution is -0.131. The van der Waals surface area contributed by atoms with Gasteiger partial charge in [-0.25, -0.2) is 4.79 Å². The smallest absolute Gasteiger partial charge is 0.354 e. The van der Waals surface area contributed by atoms with Gasteiger partial charge < -0.3 is 24.6 Å². The number of ether oxygens (including phenoxy) is 2. The van der Waals surface area contributed by atoms with Crippen molar-refractivity contribution in [3.8, 4) is 0 Å². The zero-order chi connectivity index (χ0) is 19.5. The molecule has 1 aliphatic rings. The molecule has 1 aliphatic heterocycles. The van der Waals surface area contributed by atoms with Gasteiger partial charge in [0.25, 0.3) is 11.5 Å². The first-order valence-electron chi connectivity index (χ1n) is 8.03. The van der Waals surface area contributed by atoms with Crippen LogP contribution in [-0.4, -0.2) is 49.9 Å². The van der Waals surface area contributed by atoms with Crippen LogP contribution >= 0.6 is 7.60 Å². The molecule has 1 aromatic heterocycles. The Bertz CT molecular complexity index is 813. The fourth-order valence-corrected chi connectivity index (χ4v) is 3.28. The van der Waals surface area contributed by atoms with Gasteiger partial charge in [-0.2, -0.15) is 0 Å². The molecule has 11 nitrogen and oxygen atoms in total. The standard InChI is InChI=1S/C14H22N3O8P/c1-3-15-12(19)13(26(21,22)23)24-8-9-4-5-11(25-9)17-7-6-10(18)16(2)14(17)20/h6-7,9,11,13H,3-5,8H2,1-2H3,(H,15,19)(H2,21,22,23). The number of amides is 1. The van der Waals surface area contributed by atoms with Crippen molar-refractivity contribution in [3.63, 3.8) is 0 Å². The van der Waals surface area contributed by atoms with E-state index in [1.807, 2.05) is 0 Å². The molecule has 2 heterocycles. The van der Waals surface area contributed by atoms with E-state index in [0.29, 0.717) is 12.8 Å². The van der Waals surface area contributed by atoms with E-state index in [1.165, 1.54) is 23.9 Å². The molecule has 0 aromatic carbocycles. The molecule has 0 saturated carbocycles. The van der Waals surface area contributed by atoms with Gasteiger partial charge in [-0.15, -0.1) is 0 Å². The molecule has 26 heavy (non-hydrogen) atoms. The minimum Gasteiger partial charge on any atom is -0.354 e. The van der Waals surface area contributed by atoms with Crippen molar-refractivity contribution in [1.82, 2.24) is 14.5 Å². The number of aromatic nitrogens is 2. The Balaban J connectivity index is 2.02. The molecule has 0 aliphatic carbocycles. The third kappa shape index (κ3) is 4.68. The molecule has 2 rings (SSSR count). The lowest BCUT2D eigenvalue weighted by atomic mass is 10.2. The Kier molecular flexibility index (Phi) is 6.53.